The summed E-state index contributed by atoms with van der Waals surface area (Å²) >= 11 is 6.21. The minimum Gasteiger partial charge on any atom is -0.464 e. The summed E-state index contributed by atoms with van der Waals surface area (Å²) in [5.41, 5.74) is 3.76. The quantitative estimate of drug-likeness (QED) is 0.455. The summed E-state index contributed by atoms with van der Waals surface area (Å²) in [7, 11) is 0. The third kappa shape index (κ3) is 3.24. The van der Waals surface area contributed by atoms with Crippen molar-refractivity contribution in [3.8, 4) is 11.3 Å². The van der Waals surface area contributed by atoms with Gasteiger partial charge < -0.3 is 14.3 Å². The molecule has 1 saturated carbocycles. The Labute approximate surface area is 167 Å². The summed E-state index contributed by atoms with van der Waals surface area (Å²) in [5.74, 6) is 1.53. The maximum atomic E-state index is 6.21. The number of nitrogens with zero attached hydrogens (tertiary/aromatic N) is 4. The first-order valence-electron chi connectivity index (χ1n) is 9.55. The van der Waals surface area contributed by atoms with E-state index in [-0.39, 0.29) is 5.28 Å². The van der Waals surface area contributed by atoms with Gasteiger partial charge >= 0.3 is 0 Å². The van der Waals surface area contributed by atoms with Crippen LogP contribution in [0.4, 0.5) is 5.82 Å². The Morgan fingerprint density at radius 1 is 1.11 bits per heavy atom. The summed E-state index contributed by atoms with van der Waals surface area (Å²) in [4.78, 5) is 13.4. The molecule has 0 unspecified atom stereocenters. The van der Waals surface area contributed by atoms with E-state index in [0.717, 1.165) is 40.9 Å². The van der Waals surface area contributed by atoms with E-state index in [0.29, 0.717) is 18.4 Å². The summed E-state index contributed by atoms with van der Waals surface area (Å²) < 4.78 is 7.59. The molecule has 3 aromatic heterocycles. The van der Waals surface area contributed by atoms with Gasteiger partial charge in [-0.05, 0) is 42.1 Å². The largest absolute Gasteiger partial charge is 0.464 e. The number of aromatic nitrogens is 4. The number of nitrogens with one attached hydrogen (secondary N) is 1. The lowest BCUT2D eigenvalue weighted by molar-refractivity contribution is 0.529. The van der Waals surface area contributed by atoms with Crippen molar-refractivity contribution < 1.29 is 4.42 Å². The van der Waals surface area contributed by atoms with E-state index < -0.39 is 0 Å². The average Bonchev–Trinajstić information content (AvgIpc) is 3.47. The molecule has 6 nitrogen and oxygen atoms in total. The van der Waals surface area contributed by atoms with Crippen LogP contribution in [0.25, 0.3) is 22.5 Å². The Morgan fingerprint density at radius 3 is 2.68 bits per heavy atom. The monoisotopic (exact) mass is 393 g/mol. The maximum Gasteiger partial charge on any atom is 0.226 e. The molecule has 1 aliphatic rings. The highest BCUT2D eigenvalue weighted by molar-refractivity contribution is 6.28. The van der Waals surface area contributed by atoms with E-state index in [9.17, 15) is 0 Å². The van der Waals surface area contributed by atoms with Crippen LogP contribution in [0.1, 0.15) is 37.3 Å². The molecule has 0 amide bonds. The van der Waals surface area contributed by atoms with Gasteiger partial charge in [0.05, 0.1) is 12.6 Å². The molecule has 4 aromatic rings. The Kier molecular flexibility index (Phi) is 4.49. The molecule has 0 aliphatic heterocycles. The molecule has 1 aliphatic carbocycles. The minimum absolute atomic E-state index is 0.239. The molecular weight excluding hydrogens is 374 g/mol. The fourth-order valence-corrected chi connectivity index (χ4v) is 4.04. The molecule has 1 aromatic carbocycles. The number of rotatable bonds is 5. The third-order valence-corrected chi connectivity index (χ3v) is 5.50. The summed E-state index contributed by atoms with van der Waals surface area (Å²) in [6.45, 7) is 0.622. The Hall–Kier alpha value is -2.86. The molecule has 142 valence electrons. The van der Waals surface area contributed by atoms with E-state index in [1.54, 1.807) is 6.26 Å². The molecule has 0 atom stereocenters. The van der Waals surface area contributed by atoms with Crippen molar-refractivity contribution in [1.82, 2.24) is 19.5 Å². The lowest BCUT2D eigenvalue weighted by atomic mass is 10.1. The van der Waals surface area contributed by atoms with Crippen LogP contribution < -0.4 is 5.32 Å². The van der Waals surface area contributed by atoms with Gasteiger partial charge in [0, 0.05) is 18.2 Å². The van der Waals surface area contributed by atoms with Crippen LogP contribution in [0.5, 0.6) is 0 Å². The number of furan rings is 1. The molecule has 0 saturated heterocycles. The second kappa shape index (κ2) is 7.28. The van der Waals surface area contributed by atoms with Gasteiger partial charge in [-0.2, -0.15) is 9.97 Å². The summed E-state index contributed by atoms with van der Waals surface area (Å²) in [5, 5.41) is 3.61. The summed E-state index contributed by atoms with van der Waals surface area (Å²) in [6.07, 6.45) is 8.38. The van der Waals surface area contributed by atoms with E-state index in [4.69, 9.17) is 16.0 Å². The number of fused-ring (bicyclic) bond motifs is 1. The van der Waals surface area contributed by atoms with Crippen LogP contribution in [-0.4, -0.2) is 19.5 Å². The van der Waals surface area contributed by atoms with Gasteiger partial charge in [0.15, 0.2) is 17.0 Å². The van der Waals surface area contributed by atoms with Crippen LogP contribution in [0, 0.1) is 0 Å². The molecule has 3 heterocycles. The minimum atomic E-state index is 0.239. The van der Waals surface area contributed by atoms with Crippen LogP contribution in [-0.2, 0) is 6.54 Å². The number of benzene rings is 1. The molecule has 1 N–H and O–H groups in total. The number of halogens is 1. The van der Waals surface area contributed by atoms with Gasteiger partial charge in [-0.3, -0.25) is 0 Å². The highest BCUT2D eigenvalue weighted by Crippen LogP contribution is 2.33. The van der Waals surface area contributed by atoms with Crippen molar-refractivity contribution in [3.63, 3.8) is 0 Å². The van der Waals surface area contributed by atoms with E-state index >= 15 is 0 Å². The van der Waals surface area contributed by atoms with Gasteiger partial charge in [0.25, 0.3) is 0 Å². The maximum absolute atomic E-state index is 6.21. The zero-order valence-electron chi connectivity index (χ0n) is 15.3. The first-order chi connectivity index (χ1) is 13.8. The van der Waals surface area contributed by atoms with Crippen LogP contribution in [0.2, 0.25) is 5.28 Å². The van der Waals surface area contributed by atoms with Gasteiger partial charge in [0.1, 0.15) is 5.76 Å². The topological polar surface area (TPSA) is 68.8 Å². The molecule has 0 radical (unpaired) electrons. The lowest BCUT2D eigenvalue weighted by Gasteiger charge is -2.12. The smallest absolute Gasteiger partial charge is 0.226 e. The normalized spacial score (nSPS) is 14.8. The number of imidazole rings is 1. The standard InChI is InChI=1S/C21H20ClN5O/c22-21-25-19(18-20(26-21)27(13-24-18)16-4-1-2-5-16)23-12-14-7-9-15(10-8-14)17-6-3-11-28-17/h3,6-11,13,16H,1-2,4-5,12H2,(H,23,25,26). The van der Waals surface area contributed by atoms with Crippen LogP contribution >= 0.6 is 11.6 Å². The fraction of sp³-hybridized carbons (Fsp3) is 0.286. The highest BCUT2D eigenvalue weighted by Gasteiger charge is 2.21. The van der Waals surface area contributed by atoms with Gasteiger partial charge in [-0.1, -0.05) is 37.1 Å². The van der Waals surface area contributed by atoms with Crippen molar-refractivity contribution in [2.45, 2.75) is 38.3 Å². The Balaban J connectivity index is 1.37. The zero-order chi connectivity index (χ0) is 18.9. The number of hydrogen-bond acceptors (Lipinski definition) is 5. The third-order valence-electron chi connectivity index (χ3n) is 5.33. The van der Waals surface area contributed by atoms with Crippen molar-refractivity contribution in [2.75, 3.05) is 5.32 Å². The molecular formula is C21H20ClN5O. The molecule has 0 spiro atoms. The lowest BCUT2D eigenvalue weighted by Crippen LogP contribution is -2.06. The zero-order valence-corrected chi connectivity index (χ0v) is 16.1. The second-order valence-electron chi connectivity index (χ2n) is 7.13. The first-order valence-corrected chi connectivity index (χ1v) is 9.92. The predicted octanol–water partition coefficient (Wildman–Crippen LogP) is 5.47. The van der Waals surface area contributed by atoms with Gasteiger partial charge in [-0.25, -0.2) is 4.98 Å². The van der Waals surface area contributed by atoms with E-state index in [2.05, 4.69) is 37.0 Å². The van der Waals surface area contributed by atoms with Gasteiger partial charge in [0.2, 0.25) is 5.28 Å². The van der Waals surface area contributed by atoms with E-state index in [1.807, 2.05) is 30.6 Å². The number of hydrogen-bond donors (Lipinski definition) is 1. The Bertz CT molecular complexity index is 1080. The first kappa shape index (κ1) is 17.3. The van der Waals surface area contributed by atoms with E-state index in [1.165, 1.54) is 12.8 Å². The molecule has 7 heteroatoms. The molecule has 5 rings (SSSR count). The van der Waals surface area contributed by atoms with Gasteiger partial charge in [-0.15, -0.1) is 0 Å². The number of anilines is 1. The SMILES string of the molecule is Clc1nc(NCc2ccc(-c3ccco3)cc2)c2ncn(C3CCCC3)c2n1. The predicted molar refractivity (Wildman–Crippen MR) is 109 cm³/mol. The van der Waals surface area contributed by atoms with Crippen LogP contribution in [0.3, 0.4) is 0 Å². The van der Waals surface area contributed by atoms with Crippen molar-refractivity contribution in [2.24, 2.45) is 0 Å². The molecule has 28 heavy (non-hydrogen) atoms. The second-order valence-corrected chi connectivity index (χ2v) is 7.47. The van der Waals surface area contributed by atoms with Crippen molar-refractivity contribution in [3.05, 3.63) is 59.8 Å². The molecule has 1 fully saturated rings. The van der Waals surface area contributed by atoms with Crippen molar-refractivity contribution >= 4 is 28.6 Å². The van der Waals surface area contributed by atoms with Crippen LogP contribution in [0.15, 0.2) is 53.4 Å². The van der Waals surface area contributed by atoms with Crippen molar-refractivity contribution in [1.29, 1.82) is 0 Å². The average molecular weight is 394 g/mol. The Morgan fingerprint density at radius 2 is 1.93 bits per heavy atom. The summed E-state index contributed by atoms with van der Waals surface area (Å²) in [6, 6.07) is 12.5. The highest BCUT2D eigenvalue weighted by atomic mass is 35.5. The fourth-order valence-electron chi connectivity index (χ4n) is 3.88. The molecule has 0 bridgehead atoms.